The zero-order chi connectivity index (χ0) is 15.4. The molecule has 2 aromatic rings. The fraction of sp³-hybridized carbons (Fsp3) is 0.286. The predicted octanol–water partition coefficient (Wildman–Crippen LogP) is 2.24. The van der Waals surface area contributed by atoms with Crippen molar-refractivity contribution in [1.82, 2.24) is 15.5 Å². The zero-order valence-corrected chi connectivity index (χ0v) is 12.8. The Morgan fingerprint density at radius 1 is 1.19 bits per heavy atom. The number of carbonyl (C=O) groups is 2. The Labute approximate surface area is 126 Å². The van der Waals surface area contributed by atoms with Crippen molar-refractivity contribution in [2.24, 2.45) is 0 Å². The monoisotopic (exact) mass is 304 g/mol. The summed E-state index contributed by atoms with van der Waals surface area (Å²) >= 11 is 1.22. The SMILES string of the molecule is Cc1nnc(C(=O)Nc2cccc(C(=O)NC(C)C)c2)s1. The minimum Gasteiger partial charge on any atom is -0.350 e. The smallest absolute Gasteiger partial charge is 0.286 e. The third-order valence-electron chi connectivity index (χ3n) is 2.52. The average molecular weight is 304 g/mol. The minimum atomic E-state index is -0.331. The topological polar surface area (TPSA) is 84.0 Å². The first-order chi connectivity index (χ1) is 9.95. The molecule has 1 heterocycles. The maximum absolute atomic E-state index is 12.0. The van der Waals surface area contributed by atoms with Crippen molar-refractivity contribution in [3.63, 3.8) is 0 Å². The molecule has 0 bridgehead atoms. The van der Waals surface area contributed by atoms with E-state index in [0.717, 1.165) is 5.01 Å². The van der Waals surface area contributed by atoms with Gasteiger partial charge in [0.05, 0.1) is 0 Å². The van der Waals surface area contributed by atoms with E-state index in [0.29, 0.717) is 16.3 Å². The molecule has 2 amide bonds. The summed E-state index contributed by atoms with van der Waals surface area (Å²) < 4.78 is 0. The highest BCUT2D eigenvalue weighted by molar-refractivity contribution is 7.13. The normalized spacial score (nSPS) is 10.5. The fourth-order valence-electron chi connectivity index (χ4n) is 1.66. The van der Waals surface area contributed by atoms with E-state index in [4.69, 9.17) is 0 Å². The second-order valence-corrected chi connectivity index (χ2v) is 5.97. The van der Waals surface area contributed by atoms with Crippen LogP contribution in [0.4, 0.5) is 5.69 Å². The number of aromatic nitrogens is 2. The number of nitrogens with one attached hydrogen (secondary N) is 2. The molecule has 0 aliphatic heterocycles. The number of rotatable bonds is 4. The summed E-state index contributed by atoms with van der Waals surface area (Å²) in [4.78, 5) is 23.9. The Balaban J connectivity index is 2.11. The van der Waals surface area contributed by atoms with Gasteiger partial charge in [-0.05, 0) is 39.0 Å². The lowest BCUT2D eigenvalue weighted by molar-refractivity contribution is 0.0941. The van der Waals surface area contributed by atoms with E-state index in [2.05, 4.69) is 20.8 Å². The number of carbonyl (C=O) groups excluding carboxylic acids is 2. The van der Waals surface area contributed by atoms with Crippen LogP contribution in [0.15, 0.2) is 24.3 Å². The first-order valence-electron chi connectivity index (χ1n) is 6.48. The summed E-state index contributed by atoms with van der Waals surface area (Å²) in [5.41, 5.74) is 1.04. The van der Waals surface area contributed by atoms with Gasteiger partial charge in [0.1, 0.15) is 5.01 Å². The molecule has 0 atom stereocenters. The van der Waals surface area contributed by atoms with Crippen LogP contribution in [0.5, 0.6) is 0 Å². The molecule has 0 unspecified atom stereocenters. The Morgan fingerprint density at radius 3 is 2.57 bits per heavy atom. The van der Waals surface area contributed by atoms with Gasteiger partial charge in [-0.1, -0.05) is 17.4 Å². The van der Waals surface area contributed by atoms with E-state index in [9.17, 15) is 9.59 Å². The van der Waals surface area contributed by atoms with Crippen LogP contribution in [0.2, 0.25) is 0 Å². The number of anilines is 1. The van der Waals surface area contributed by atoms with Crippen molar-refractivity contribution in [2.75, 3.05) is 5.32 Å². The Bertz CT molecular complexity index is 666. The molecule has 0 fully saturated rings. The lowest BCUT2D eigenvalue weighted by atomic mass is 10.2. The molecule has 6 nitrogen and oxygen atoms in total. The van der Waals surface area contributed by atoms with Crippen molar-refractivity contribution < 1.29 is 9.59 Å². The van der Waals surface area contributed by atoms with Crippen LogP contribution in [0.1, 0.15) is 39.0 Å². The summed E-state index contributed by atoms with van der Waals surface area (Å²) in [7, 11) is 0. The molecule has 0 spiro atoms. The molecule has 2 rings (SSSR count). The van der Waals surface area contributed by atoms with Gasteiger partial charge in [0, 0.05) is 17.3 Å². The van der Waals surface area contributed by atoms with Gasteiger partial charge in [0.25, 0.3) is 11.8 Å². The highest BCUT2D eigenvalue weighted by Gasteiger charge is 2.13. The Kier molecular flexibility index (Phi) is 4.64. The molecule has 0 radical (unpaired) electrons. The molecule has 21 heavy (non-hydrogen) atoms. The van der Waals surface area contributed by atoms with E-state index in [1.807, 2.05) is 13.8 Å². The van der Waals surface area contributed by atoms with Crippen molar-refractivity contribution in [2.45, 2.75) is 26.8 Å². The molecule has 1 aromatic heterocycles. The predicted molar refractivity (Wildman–Crippen MR) is 81.6 cm³/mol. The van der Waals surface area contributed by atoms with E-state index in [1.165, 1.54) is 11.3 Å². The van der Waals surface area contributed by atoms with Gasteiger partial charge in [-0.25, -0.2) is 0 Å². The molecule has 0 aliphatic carbocycles. The van der Waals surface area contributed by atoms with E-state index >= 15 is 0 Å². The molecule has 0 saturated heterocycles. The van der Waals surface area contributed by atoms with Crippen molar-refractivity contribution in [3.05, 3.63) is 39.8 Å². The van der Waals surface area contributed by atoms with Crippen LogP contribution in [-0.2, 0) is 0 Å². The van der Waals surface area contributed by atoms with E-state index in [-0.39, 0.29) is 17.9 Å². The standard InChI is InChI=1S/C14H16N4O2S/c1-8(2)15-12(19)10-5-4-6-11(7-10)16-13(20)14-18-17-9(3)21-14/h4-8H,1-3H3,(H,15,19)(H,16,20). The Morgan fingerprint density at radius 2 is 1.95 bits per heavy atom. The molecule has 110 valence electrons. The van der Waals surface area contributed by atoms with Gasteiger partial charge in [-0.3, -0.25) is 9.59 Å². The lowest BCUT2D eigenvalue weighted by Gasteiger charge is -2.09. The molecule has 2 N–H and O–H groups in total. The number of amides is 2. The van der Waals surface area contributed by atoms with Gasteiger partial charge in [0.15, 0.2) is 0 Å². The van der Waals surface area contributed by atoms with E-state index in [1.54, 1.807) is 31.2 Å². The third-order valence-corrected chi connectivity index (χ3v) is 3.36. The zero-order valence-electron chi connectivity index (χ0n) is 12.0. The number of hydrogen-bond donors (Lipinski definition) is 2. The van der Waals surface area contributed by atoms with Gasteiger partial charge in [-0.15, -0.1) is 10.2 Å². The average Bonchev–Trinajstić information content (AvgIpc) is 2.85. The summed E-state index contributed by atoms with van der Waals surface area (Å²) in [5.74, 6) is -0.505. The van der Waals surface area contributed by atoms with Crippen molar-refractivity contribution in [1.29, 1.82) is 0 Å². The molecule has 0 saturated carbocycles. The Hall–Kier alpha value is -2.28. The van der Waals surface area contributed by atoms with Crippen LogP contribution >= 0.6 is 11.3 Å². The molecule has 0 aliphatic rings. The van der Waals surface area contributed by atoms with Gasteiger partial charge in [-0.2, -0.15) is 0 Å². The van der Waals surface area contributed by atoms with Crippen molar-refractivity contribution >= 4 is 28.8 Å². The van der Waals surface area contributed by atoms with Crippen LogP contribution in [0.3, 0.4) is 0 Å². The molecular weight excluding hydrogens is 288 g/mol. The van der Waals surface area contributed by atoms with Crippen LogP contribution in [-0.4, -0.2) is 28.1 Å². The van der Waals surface area contributed by atoms with Gasteiger partial charge in [0.2, 0.25) is 5.01 Å². The molecule has 1 aromatic carbocycles. The summed E-state index contributed by atoms with van der Waals surface area (Å²) in [6.45, 7) is 5.56. The van der Waals surface area contributed by atoms with Gasteiger partial charge < -0.3 is 10.6 Å². The maximum atomic E-state index is 12.0. The second kappa shape index (κ2) is 6.45. The largest absolute Gasteiger partial charge is 0.350 e. The van der Waals surface area contributed by atoms with Crippen LogP contribution in [0, 0.1) is 6.92 Å². The van der Waals surface area contributed by atoms with Crippen LogP contribution in [0.25, 0.3) is 0 Å². The van der Waals surface area contributed by atoms with Crippen molar-refractivity contribution in [3.8, 4) is 0 Å². The van der Waals surface area contributed by atoms with Crippen LogP contribution < -0.4 is 10.6 Å². The highest BCUT2D eigenvalue weighted by Crippen LogP contribution is 2.14. The molecular formula is C14H16N4O2S. The maximum Gasteiger partial charge on any atom is 0.286 e. The lowest BCUT2D eigenvalue weighted by Crippen LogP contribution is -2.30. The number of nitrogens with zero attached hydrogens (tertiary/aromatic N) is 2. The number of hydrogen-bond acceptors (Lipinski definition) is 5. The first-order valence-corrected chi connectivity index (χ1v) is 7.29. The quantitative estimate of drug-likeness (QED) is 0.907. The molecule has 7 heteroatoms. The fourth-order valence-corrected chi connectivity index (χ4v) is 2.24. The first kappa shape index (κ1) is 15.1. The third kappa shape index (κ3) is 4.09. The minimum absolute atomic E-state index is 0.0557. The number of benzene rings is 1. The van der Waals surface area contributed by atoms with Gasteiger partial charge >= 0.3 is 0 Å². The summed E-state index contributed by atoms with van der Waals surface area (Å²) in [5, 5.41) is 14.1. The summed E-state index contributed by atoms with van der Waals surface area (Å²) in [6, 6.07) is 6.82. The highest BCUT2D eigenvalue weighted by atomic mass is 32.1. The second-order valence-electron chi connectivity index (χ2n) is 4.79. The number of aryl methyl sites for hydroxylation is 1. The summed E-state index contributed by atoms with van der Waals surface area (Å²) in [6.07, 6.45) is 0. The van der Waals surface area contributed by atoms with E-state index < -0.39 is 0 Å².